The Kier molecular flexibility index (Phi) is 12.4. The summed E-state index contributed by atoms with van der Waals surface area (Å²) >= 11 is 0. The molecule has 17 heteroatoms. The quantitative estimate of drug-likeness (QED) is 0.0631. The normalized spacial score (nSPS) is 21.1. The molecule has 10 rings (SSSR count). The number of rotatable bonds is 16. The second kappa shape index (κ2) is 18.8. The van der Waals surface area contributed by atoms with Crippen molar-refractivity contribution in [1.29, 1.82) is 0 Å². The van der Waals surface area contributed by atoms with Gasteiger partial charge in [-0.3, -0.25) is 24.4 Å². The summed E-state index contributed by atoms with van der Waals surface area (Å²) in [7, 11) is 0. The molecule has 340 valence electrons. The molecule has 4 aliphatic rings. The van der Waals surface area contributed by atoms with Gasteiger partial charge in [-0.1, -0.05) is 18.2 Å². The number of hydrogen-bond donors (Lipinski definition) is 3. The first kappa shape index (κ1) is 42.9. The molecule has 7 heterocycles. The molecule has 3 amide bonds. The van der Waals surface area contributed by atoms with Gasteiger partial charge in [0, 0.05) is 74.1 Å². The molecule has 15 nitrogen and oxygen atoms in total. The van der Waals surface area contributed by atoms with Crippen LogP contribution >= 0.6 is 0 Å². The molecule has 5 aromatic heterocycles. The molecule has 0 bridgehead atoms. The van der Waals surface area contributed by atoms with Gasteiger partial charge in [0.25, 0.3) is 12.3 Å². The number of hydrogen-bond acceptors (Lipinski definition) is 11. The summed E-state index contributed by atoms with van der Waals surface area (Å²) in [5.41, 5.74) is 3.02. The van der Waals surface area contributed by atoms with Crippen LogP contribution in [0.2, 0.25) is 0 Å². The predicted molar refractivity (Wildman–Crippen MR) is 239 cm³/mol. The molecule has 2 aliphatic heterocycles. The summed E-state index contributed by atoms with van der Waals surface area (Å²) in [4.78, 5) is 54.0. The number of oxazole rings is 1. The van der Waals surface area contributed by atoms with E-state index in [1.54, 1.807) is 16.9 Å². The Morgan fingerprint density at radius 2 is 1.75 bits per heavy atom. The minimum Gasteiger partial charge on any atom is -0.444 e. The monoisotopic (exact) mass is 888 g/mol. The van der Waals surface area contributed by atoms with Crippen LogP contribution in [0.1, 0.15) is 111 Å². The van der Waals surface area contributed by atoms with E-state index in [1.165, 1.54) is 30.9 Å². The Balaban J connectivity index is 0.675. The SMILES string of the molecule is O=C1CCC(n2c3ccccc3c3c(CCCOC4CCN(C[C@H]5CC[C@H](n6cc(NC(=O)c7coc(-c8ccnc(NCC9CC9)c8)n7)c(C(F)F)n6)CC5)CC4)ccnc32)C(=O)N1. The average Bonchev–Trinajstić information content (AvgIpc) is 3.67. The number of ether oxygens (including phenoxy) is 1. The molecule has 65 heavy (non-hydrogen) atoms. The summed E-state index contributed by atoms with van der Waals surface area (Å²) in [6.45, 7) is 4.46. The van der Waals surface area contributed by atoms with Crippen LogP contribution in [0.4, 0.5) is 20.3 Å². The van der Waals surface area contributed by atoms with Crippen molar-refractivity contribution in [3.8, 4) is 11.5 Å². The highest BCUT2D eigenvalue weighted by Crippen LogP contribution is 2.38. The van der Waals surface area contributed by atoms with E-state index in [0.29, 0.717) is 42.7 Å². The average molecular weight is 889 g/mol. The number of imide groups is 1. The van der Waals surface area contributed by atoms with E-state index in [1.807, 2.05) is 35.0 Å². The number of carbonyl (C=O) groups excluding carboxylic acids is 3. The number of nitrogens with one attached hydrogen (secondary N) is 3. The number of aromatic nitrogens is 6. The number of halogens is 2. The van der Waals surface area contributed by atoms with Crippen molar-refractivity contribution in [3.05, 3.63) is 84.3 Å². The third-order valence-corrected chi connectivity index (χ3v) is 13.6. The van der Waals surface area contributed by atoms with Crippen LogP contribution in [0.3, 0.4) is 0 Å². The molecule has 6 aromatic rings. The van der Waals surface area contributed by atoms with E-state index in [9.17, 15) is 23.2 Å². The highest BCUT2D eigenvalue weighted by Gasteiger charge is 2.32. The van der Waals surface area contributed by atoms with Gasteiger partial charge in [0.2, 0.25) is 17.7 Å². The number of anilines is 2. The van der Waals surface area contributed by atoms with Crippen molar-refractivity contribution in [3.63, 3.8) is 0 Å². The molecule has 2 saturated heterocycles. The van der Waals surface area contributed by atoms with Crippen molar-refractivity contribution in [2.45, 2.75) is 102 Å². The fraction of sp³-hybridized carbons (Fsp3) is 0.479. The highest BCUT2D eigenvalue weighted by molar-refractivity contribution is 6.10. The van der Waals surface area contributed by atoms with Gasteiger partial charge in [-0.15, -0.1) is 0 Å². The van der Waals surface area contributed by atoms with E-state index in [4.69, 9.17) is 14.1 Å². The van der Waals surface area contributed by atoms with Crippen LogP contribution in [0.15, 0.2) is 71.7 Å². The molecule has 0 radical (unpaired) electrons. The van der Waals surface area contributed by atoms with E-state index >= 15 is 0 Å². The number of pyridine rings is 2. The zero-order valence-corrected chi connectivity index (χ0v) is 36.3. The van der Waals surface area contributed by atoms with Crippen molar-refractivity contribution in [2.75, 3.05) is 43.4 Å². The topological polar surface area (TPSA) is 174 Å². The first-order valence-corrected chi connectivity index (χ1v) is 23.1. The summed E-state index contributed by atoms with van der Waals surface area (Å²) < 4.78 is 44.0. The number of amides is 3. The molecule has 1 aromatic carbocycles. The van der Waals surface area contributed by atoms with Gasteiger partial charge >= 0.3 is 0 Å². The predicted octanol–water partition coefficient (Wildman–Crippen LogP) is 8.27. The van der Waals surface area contributed by atoms with Crippen molar-refractivity contribution in [1.82, 2.24) is 39.5 Å². The number of nitrogens with zero attached hydrogens (tertiary/aromatic N) is 7. The second-order valence-corrected chi connectivity index (χ2v) is 18.1. The van der Waals surface area contributed by atoms with Gasteiger partial charge < -0.3 is 29.3 Å². The Bertz CT molecular complexity index is 2680. The Morgan fingerprint density at radius 1 is 0.954 bits per heavy atom. The summed E-state index contributed by atoms with van der Waals surface area (Å²) in [6.07, 6.45) is 13.9. The first-order chi connectivity index (χ1) is 31.7. The zero-order valence-electron chi connectivity index (χ0n) is 36.3. The number of fused-ring (bicyclic) bond motifs is 3. The smallest absolute Gasteiger partial charge is 0.284 e. The van der Waals surface area contributed by atoms with Crippen LogP contribution in [-0.4, -0.2) is 90.8 Å². The fourth-order valence-electron chi connectivity index (χ4n) is 9.93. The van der Waals surface area contributed by atoms with Crippen molar-refractivity contribution in [2.24, 2.45) is 11.8 Å². The van der Waals surface area contributed by atoms with Gasteiger partial charge in [0.05, 0.1) is 23.3 Å². The van der Waals surface area contributed by atoms with Crippen molar-refractivity contribution < 1.29 is 32.3 Å². The lowest BCUT2D eigenvalue weighted by atomic mass is 9.85. The lowest BCUT2D eigenvalue weighted by Crippen LogP contribution is -2.41. The van der Waals surface area contributed by atoms with E-state index in [0.717, 1.165) is 99.5 Å². The maximum absolute atomic E-state index is 14.2. The van der Waals surface area contributed by atoms with E-state index in [2.05, 4.69) is 48.0 Å². The lowest BCUT2D eigenvalue weighted by molar-refractivity contribution is -0.135. The van der Waals surface area contributed by atoms with Crippen LogP contribution in [0, 0.1) is 11.8 Å². The molecule has 4 fully saturated rings. The number of carbonyl (C=O) groups is 3. The fourth-order valence-corrected chi connectivity index (χ4v) is 9.93. The largest absolute Gasteiger partial charge is 0.444 e. The minimum absolute atomic E-state index is 0.0215. The van der Waals surface area contributed by atoms with Gasteiger partial charge in [0.15, 0.2) is 11.4 Å². The number of piperidine rings is 2. The Labute approximate surface area is 374 Å². The number of alkyl halides is 2. The maximum Gasteiger partial charge on any atom is 0.284 e. The molecular weight excluding hydrogens is 835 g/mol. The third-order valence-electron chi connectivity index (χ3n) is 13.6. The molecule has 3 N–H and O–H groups in total. The van der Waals surface area contributed by atoms with Gasteiger partial charge in [-0.2, -0.15) is 5.10 Å². The standard InChI is InChI=1S/C48H54F2N10O5/c49-44(50)43-36(54-46(62)37-28-65-48(55-37)32-16-19-51-40(24-32)53-25-29-7-8-29)27-59(57-43)33-11-9-30(10-12-33)26-58-21-17-34(18-22-58)64-23-3-4-31-15-20-52-45-42(31)35-5-1-2-6-38(35)60(45)39-13-14-41(61)56-47(39)63/h1-2,5-6,15-16,19-20,24,27-30,33-34,39,44H,3-4,7-14,17-18,21-23,25-26H2,(H,51,53)(H,54,62)(H,56,61,63)/t30-,33-,39?. The Hall–Kier alpha value is -6.07. The number of para-hydroxylation sites is 1. The van der Waals surface area contributed by atoms with Crippen molar-refractivity contribution >= 4 is 51.2 Å². The van der Waals surface area contributed by atoms with Gasteiger partial charge in [-0.05, 0) is 112 Å². The summed E-state index contributed by atoms with van der Waals surface area (Å²) in [5.74, 6) is 0.943. The lowest BCUT2D eigenvalue weighted by Gasteiger charge is -2.36. The van der Waals surface area contributed by atoms with E-state index < -0.39 is 24.1 Å². The minimum atomic E-state index is -2.86. The molecule has 2 saturated carbocycles. The highest BCUT2D eigenvalue weighted by atomic mass is 19.3. The zero-order chi connectivity index (χ0) is 44.4. The Morgan fingerprint density at radius 3 is 2.55 bits per heavy atom. The molecule has 1 unspecified atom stereocenters. The van der Waals surface area contributed by atoms with Gasteiger partial charge in [0.1, 0.15) is 23.8 Å². The maximum atomic E-state index is 14.2. The second-order valence-electron chi connectivity index (χ2n) is 18.1. The molecule has 1 atom stereocenters. The van der Waals surface area contributed by atoms with Crippen LogP contribution in [0.25, 0.3) is 33.4 Å². The molecule has 0 spiro atoms. The molecule has 2 aliphatic carbocycles. The van der Waals surface area contributed by atoms with Gasteiger partial charge in [-0.25, -0.2) is 23.7 Å². The number of aryl methyl sites for hydroxylation is 1. The number of benzene rings is 1. The summed E-state index contributed by atoms with van der Waals surface area (Å²) in [6, 6.07) is 13.2. The first-order valence-electron chi connectivity index (χ1n) is 23.1. The van der Waals surface area contributed by atoms with E-state index in [-0.39, 0.29) is 41.2 Å². The van der Waals surface area contributed by atoms with Crippen LogP contribution in [-0.2, 0) is 20.7 Å². The third kappa shape index (κ3) is 9.53. The number of likely N-dealkylation sites (tertiary alicyclic amines) is 1. The summed E-state index contributed by atoms with van der Waals surface area (Å²) in [5, 5.41) is 14.8. The van der Waals surface area contributed by atoms with Crippen LogP contribution < -0.4 is 16.0 Å². The van der Waals surface area contributed by atoms with Crippen LogP contribution in [0.5, 0.6) is 0 Å². The molecular formula is C48H54F2N10O5.